The summed E-state index contributed by atoms with van der Waals surface area (Å²) in [6.07, 6.45) is 2.58. The van der Waals surface area contributed by atoms with E-state index in [1.54, 1.807) is 12.1 Å². The molecule has 1 heterocycles. The summed E-state index contributed by atoms with van der Waals surface area (Å²) in [5, 5.41) is 9.50. The van der Waals surface area contributed by atoms with Gasteiger partial charge in [-0.25, -0.2) is 4.79 Å². The Kier molecular flexibility index (Phi) is 4.94. The summed E-state index contributed by atoms with van der Waals surface area (Å²) in [6.45, 7) is 2.39. The van der Waals surface area contributed by atoms with Crippen molar-refractivity contribution in [3.05, 3.63) is 63.7 Å². The van der Waals surface area contributed by atoms with Gasteiger partial charge in [0.1, 0.15) is 11.3 Å². The lowest BCUT2D eigenvalue weighted by atomic mass is 9.99. The van der Waals surface area contributed by atoms with Gasteiger partial charge in [-0.1, -0.05) is 23.5 Å². The Bertz CT molecular complexity index is 950. The zero-order chi connectivity index (χ0) is 18.7. The molecule has 0 aliphatic carbocycles. The fourth-order valence-corrected chi connectivity index (χ4v) is 2.98. The summed E-state index contributed by atoms with van der Waals surface area (Å²) in [7, 11) is 0. The van der Waals surface area contributed by atoms with Gasteiger partial charge >= 0.3 is 5.97 Å². The molecule has 0 radical (unpaired) electrons. The maximum atomic E-state index is 11.6. The maximum Gasteiger partial charge on any atom is 0.339 e. The first-order valence-electron chi connectivity index (χ1n) is 8.41. The Hall–Kier alpha value is -3.26. The lowest BCUT2D eigenvalue weighted by Gasteiger charge is -2.11. The molecule has 0 saturated heterocycles. The summed E-state index contributed by atoms with van der Waals surface area (Å²) < 4.78 is 5.63. The molecule has 0 unspecified atom stereocenters. The van der Waals surface area contributed by atoms with Crippen LogP contribution < -0.4 is 10.5 Å². The molecule has 0 saturated carbocycles. The molecule has 0 bridgehead atoms. The number of carbonyl (C=O) groups excluding carboxylic acids is 1. The van der Waals surface area contributed by atoms with E-state index in [2.05, 4.69) is 11.8 Å². The Morgan fingerprint density at radius 2 is 1.92 bits per heavy atom. The number of hydrogen-bond donors (Lipinski definition) is 2. The van der Waals surface area contributed by atoms with Gasteiger partial charge in [-0.05, 0) is 56.0 Å². The quantitative estimate of drug-likeness (QED) is 0.816. The van der Waals surface area contributed by atoms with Crippen LogP contribution in [0.4, 0.5) is 0 Å². The summed E-state index contributed by atoms with van der Waals surface area (Å²) in [4.78, 5) is 23.2. The van der Waals surface area contributed by atoms with Crippen LogP contribution >= 0.6 is 0 Å². The second-order valence-corrected chi connectivity index (χ2v) is 6.29. The van der Waals surface area contributed by atoms with Crippen LogP contribution in [-0.4, -0.2) is 23.6 Å². The summed E-state index contributed by atoms with van der Waals surface area (Å²) in [5.74, 6) is 4.76. The molecule has 5 heteroatoms. The van der Waals surface area contributed by atoms with Gasteiger partial charge in [0.2, 0.25) is 5.91 Å². The molecule has 26 heavy (non-hydrogen) atoms. The number of primary amides is 1. The van der Waals surface area contributed by atoms with Crippen LogP contribution in [0, 0.1) is 18.8 Å². The zero-order valence-corrected chi connectivity index (χ0v) is 14.5. The van der Waals surface area contributed by atoms with Crippen molar-refractivity contribution < 1.29 is 19.4 Å². The highest BCUT2D eigenvalue weighted by molar-refractivity contribution is 5.96. The number of fused-ring (bicyclic) bond motifs is 1. The monoisotopic (exact) mass is 349 g/mol. The fourth-order valence-electron chi connectivity index (χ4n) is 2.98. The van der Waals surface area contributed by atoms with Gasteiger partial charge in [0.05, 0.1) is 12.2 Å². The van der Waals surface area contributed by atoms with Crippen LogP contribution in [-0.2, 0) is 6.42 Å². The molecule has 0 fully saturated rings. The lowest BCUT2D eigenvalue weighted by molar-refractivity contribution is 0.0692. The number of aromatic carboxylic acids is 1. The summed E-state index contributed by atoms with van der Waals surface area (Å²) in [6, 6.07) is 8.66. The smallest absolute Gasteiger partial charge is 0.339 e. The second kappa shape index (κ2) is 7.32. The number of carboxylic acid groups (broad SMARTS) is 1. The van der Waals surface area contributed by atoms with Crippen LogP contribution in [0.25, 0.3) is 0 Å². The van der Waals surface area contributed by atoms with E-state index >= 15 is 0 Å². The van der Waals surface area contributed by atoms with Crippen molar-refractivity contribution in [1.29, 1.82) is 0 Å². The first-order chi connectivity index (χ1) is 12.5. The molecule has 3 rings (SSSR count). The van der Waals surface area contributed by atoms with Crippen molar-refractivity contribution in [1.82, 2.24) is 0 Å². The first kappa shape index (κ1) is 17.6. The average molecular weight is 349 g/mol. The molecule has 1 aliphatic heterocycles. The SMILES string of the molecule is Cc1ccc(C#Cc2cc3c(c(C(=O)O)c2)OCCCC3)c(C(N)=O)c1. The van der Waals surface area contributed by atoms with Gasteiger partial charge in [0, 0.05) is 11.1 Å². The van der Waals surface area contributed by atoms with Crippen LogP contribution in [0.2, 0.25) is 0 Å². The highest BCUT2D eigenvalue weighted by Crippen LogP contribution is 2.30. The van der Waals surface area contributed by atoms with Gasteiger partial charge in [0.25, 0.3) is 0 Å². The molecule has 5 nitrogen and oxygen atoms in total. The maximum absolute atomic E-state index is 11.6. The number of nitrogens with two attached hydrogens (primary N) is 1. The second-order valence-electron chi connectivity index (χ2n) is 6.29. The average Bonchev–Trinajstić information content (AvgIpc) is 2.85. The predicted molar refractivity (Wildman–Crippen MR) is 97.5 cm³/mol. The summed E-state index contributed by atoms with van der Waals surface area (Å²) in [5.41, 5.74) is 8.76. The number of hydrogen-bond acceptors (Lipinski definition) is 3. The fraction of sp³-hybridized carbons (Fsp3) is 0.238. The Morgan fingerprint density at radius 3 is 2.65 bits per heavy atom. The van der Waals surface area contributed by atoms with Crippen molar-refractivity contribution in [2.24, 2.45) is 5.73 Å². The largest absolute Gasteiger partial charge is 0.492 e. The molecular weight excluding hydrogens is 330 g/mol. The van der Waals surface area contributed by atoms with Gasteiger partial charge in [-0.15, -0.1) is 0 Å². The minimum Gasteiger partial charge on any atom is -0.492 e. The van der Waals surface area contributed by atoms with E-state index in [1.807, 2.05) is 19.1 Å². The number of rotatable bonds is 2. The zero-order valence-electron chi connectivity index (χ0n) is 14.5. The van der Waals surface area contributed by atoms with E-state index in [0.717, 1.165) is 30.4 Å². The van der Waals surface area contributed by atoms with Gasteiger partial charge in [0.15, 0.2) is 0 Å². The third-order valence-corrected chi connectivity index (χ3v) is 4.27. The standard InChI is InChI=1S/C21H19NO4/c1-13-5-7-15(17(10-13)20(22)23)8-6-14-11-16-4-2-3-9-26-19(16)18(12-14)21(24)25/h5,7,10-12H,2-4,9H2,1H3,(H2,22,23)(H,24,25). The van der Waals surface area contributed by atoms with Crippen LogP contribution in [0.1, 0.15) is 55.8 Å². The molecule has 1 aliphatic rings. The normalized spacial score (nSPS) is 12.8. The predicted octanol–water partition coefficient (Wildman–Crippen LogP) is 2.91. The Labute approximate surface area is 151 Å². The molecule has 0 aromatic heterocycles. The highest BCUT2D eigenvalue weighted by atomic mass is 16.5. The molecular formula is C21H19NO4. The Balaban J connectivity index is 2.06. The van der Waals surface area contributed by atoms with E-state index in [-0.39, 0.29) is 5.56 Å². The number of ether oxygens (including phenoxy) is 1. The summed E-state index contributed by atoms with van der Waals surface area (Å²) >= 11 is 0. The van der Waals surface area contributed by atoms with E-state index < -0.39 is 11.9 Å². The van der Waals surface area contributed by atoms with Crippen molar-refractivity contribution in [3.8, 4) is 17.6 Å². The van der Waals surface area contributed by atoms with E-state index in [1.165, 1.54) is 6.07 Å². The molecule has 0 atom stereocenters. The number of amides is 1. The van der Waals surface area contributed by atoms with Crippen molar-refractivity contribution in [2.75, 3.05) is 6.61 Å². The molecule has 132 valence electrons. The first-order valence-corrected chi connectivity index (χ1v) is 8.41. The van der Waals surface area contributed by atoms with Crippen molar-refractivity contribution >= 4 is 11.9 Å². The lowest BCUT2D eigenvalue weighted by Crippen LogP contribution is -2.13. The van der Waals surface area contributed by atoms with Gasteiger partial charge in [-0.2, -0.15) is 0 Å². The van der Waals surface area contributed by atoms with Crippen LogP contribution in [0.3, 0.4) is 0 Å². The van der Waals surface area contributed by atoms with Crippen LogP contribution in [0.15, 0.2) is 30.3 Å². The molecule has 1 amide bonds. The van der Waals surface area contributed by atoms with Crippen molar-refractivity contribution in [3.63, 3.8) is 0 Å². The number of aryl methyl sites for hydroxylation is 2. The van der Waals surface area contributed by atoms with E-state index in [4.69, 9.17) is 10.5 Å². The third kappa shape index (κ3) is 3.70. The van der Waals surface area contributed by atoms with E-state index in [9.17, 15) is 14.7 Å². The third-order valence-electron chi connectivity index (χ3n) is 4.27. The number of carbonyl (C=O) groups is 2. The highest BCUT2D eigenvalue weighted by Gasteiger charge is 2.19. The number of benzene rings is 2. The minimum absolute atomic E-state index is 0.118. The molecule has 2 aromatic carbocycles. The van der Waals surface area contributed by atoms with E-state index in [0.29, 0.717) is 29.0 Å². The molecule has 0 spiro atoms. The Morgan fingerprint density at radius 1 is 1.12 bits per heavy atom. The molecule has 3 N–H and O–H groups in total. The topological polar surface area (TPSA) is 89.6 Å². The minimum atomic E-state index is -1.04. The van der Waals surface area contributed by atoms with Gasteiger partial charge < -0.3 is 15.6 Å². The van der Waals surface area contributed by atoms with Crippen LogP contribution in [0.5, 0.6) is 5.75 Å². The number of carboxylic acids is 1. The van der Waals surface area contributed by atoms with Gasteiger partial charge in [-0.3, -0.25) is 4.79 Å². The molecule has 2 aromatic rings. The van der Waals surface area contributed by atoms with Crippen molar-refractivity contribution in [2.45, 2.75) is 26.2 Å².